The first-order valence-electron chi connectivity index (χ1n) is 5.73. The molecule has 0 aliphatic heterocycles. The molecule has 1 rings (SSSR count). The fourth-order valence-corrected chi connectivity index (χ4v) is 2.52. The van der Waals surface area contributed by atoms with Crippen molar-refractivity contribution in [3.8, 4) is 0 Å². The molecule has 0 unspecified atom stereocenters. The van der Waals surface area contributed by atoms with Crippen LogP contribution in [-0.2, 0) is 4.74 Å². The first-order chi connectivity index (χ1) is 7.95. The van der Waals surface area contributed by atoms with Crippen LogP contribution in [0.15, 0.2) is 6.07 Å². The molecule has 0 saturated carbocycles. The summed E-state index contributed by atoms with van der Waals surface area (Å²) >= 11 is 1.38. The topological polar surface area (TPSA) is 55.6 Å². The Labute approximate surface area is 106 Å². The monoisotopic (exact) mass is 256 g/mol. The maximum Gasteiger partial charge on any atom is 0.350 e. The van der Waals surface area contributed by atoms with Crippen molar-refractivity contribution in [3.05, 3.63) is 10.9 Å². The third-order valence-electron chi connectivity index (χ3n) is 2.22. The number of rotatable bonds is 5. The van der Waals surface area contributed by atoms with Gasteiger partial charge in [0.25, 0.3) is 0 Å². The van der Waals surface area contributed by atoms with Crippen LogP contribution < -0.4 is 10.6 Å². The van der Waals surface area contributed by atoms with Crippen LogP contribution in [0.3, 0.4) is 0 Å². The summed E-state index contributed by atoms with van der Waals surface area (Å²) < 4.78 is 4.96. The molecule has 0 fully saturated rings. The van der Waals surface area contributed by atoms with Gasteiger partial charge in [-0.2, -0.15) is 0 Å². The highest BCUT2D eigenvalue weighted by atomic mass is 32.1. The molecular weight excluding hydrogens is 236 g/mol. The zero-order valence-electron chi connectivity index (χ0n) is 10.8. The summed E-state index contributed by atoms with van der Waals surface area (Å²) in [7, 11) is 2.00. The molecule has 0 aliphatic carbocycles. The van der Waals surface area contributed by atoms with E-state index in [2.05, 4.69) is 18.7 Å². The summed E-state index contributed by atoms with van der Waals surface area (Å²) in [5.74, 6) is 0.230. The van der Waals surface area contributed by atoms with E-state index in [4.69, 9.17) is 10.5 Å². The maximum absolute atomic E-state index is 11.6. The maximum atomic E-state index is 11.6. The van der Waals surface area contributed by atoms with Gasteiger partial charge in [0.2, 0.25) is 0 Å². The Bertz CT molecular complexity index is 388. The third-order valence-corrected chi connectivity index (χ3v) is 3.47. The SMILES string of the molecule is CCOC(=O)c1sc(N(C)CC(C)C)cc1N. The number of esters is 1. The van der Waals surface area contributed by atoms with Crippen molar-refractivity contribution in [1.29, 1.82) is 0 Å². The van der Waals surface area contributed by atoms with Crippen molar-refractivity contribution in [2.75, 3.05) is 30.8 Å². The number of carbonyl (C=O) groups excluding carboxylic acids is 1. The molecule has 1 heterocycles. The van der Waals surface area contributed by atoms with Crippen molar-refractivity contribution in [1.82, 2.24) is 0 Å². The minimum atomic E-state index is -0.334. The molecule has 0 spiro atoms. The van der Waals surface area contributed by atoms with Gasteiger partial charge in [-0.25, -0.2) is 4.79 Å². The second-order valence-corrected chi connectivity index (χ2v) is 5.39. The van der Waals surface area contributed by atoms with Crippen LogP contribution in [0.5, 0.6) is 0 Å². The molecule has 0 aromatic carbocycles. The molecule has 5 heteroatoms. The number of hydrogen-bond acceptors (Lipinski definition) is 5. The Morgan fingerprint density at radius 1 is 1.59 bits per heavy atom. The average molecular weight is 256 g/mol. The smallest absolute Gasteiger partial charge is 0.350 e. The van der Waals surface area contributed by atoms with Gasteiger partial charge in [-0.05, 0) is 18.9 Å². The van der Waals surface area contributed by atoms with Gasteiger partial charge >= 0.3 is 5.97 Å². The molecule has 17 heavy (non-hydrogen) atoms. The van der Waals surface area contributed by atoms with Crippen LogP contribution in [0, 0.1) is 5.92 Å². The molecule has 0 atom stereocenters. The van der Waals surface area contributed by atoms with Crippen LogP contribution in [0.1, 0.15) is 30.4 Å². The summed E-state index contributed by atoms with van der Waals surface area (Å²) in [6.07, 6.45) is 0. The van der Waals surface area contributed by atoms with Gasteiger partial charge in [0.1, 0.15) is 4.88 Å². The third kappa shape index (κ3) is 3.63. The van der Waals surface area contributed by atoms with Gasteiger partial charge in [-0.15, -0.1) is 11.3 Å². The van der Waals surface area contributed by atoms with Crippen molar-refractivity contribution < 1.29 is 9.53 Å². The summed E-state index contributed by atoms with van der Waals surface area (Å²) in [5.41, 5.74) is 6.32. The number of carbonyl (C=O) groups is 1. The van der Waals surface area contributed by atoms with E-state index in [1.54, 1.807) is 6.92 Å². The second kappa shape index (κ2) is 5.91. The summed E-state index contributed by atoms with van der Waals surface area (Å²) in [5, 5.41) is 0.999. The van der Waals surface area contributed by atoms with Crippen molar-refractivity contribution in [3.63, 3.8) is 0 Å². The standard InChI is InChI=1S/C12H20N2O2S/c1-5-16-12(15)11-9(13)6-10(17-11)14(4)7-8(2)3/h6,8H,5,7,13H2,1-4H3. The molecule has 0 saturated heterocycles. The van der Waals surface area contributed by atoms with Gasteiger partial charge in [-0.1, -0.05) is 13.8 Å². The van der Waals surface area contributed by atoms with Crippen LogP contribution >= 0.6 is 11.3 Å². The van der Waals surface area contributed by atoms with Gasteiger partial charge < -0.3 is 15.4 Å². The predicted molar refractivity (Wildman–Crippen MR) is 72.8 cm³/mol. The highest BCUT2D eigenvalue weighted by molar-refractivity contribution is 7.18. The van der Waals surface area contributed by atoms with Crippen LogP contribution in [0.4, 0.5) is 10.7 Å². The Morgan fingerprint density at radius 2 is 2.24 bits per heavy atom. The largest absolute Gasteiger partial charge is 0.462 e. The average Bonchev–Trinajstić information content (AvgIpc) is 2.60. The number of ether oxygens (including phenoxy) is 1. The van der Waals surface area contributed by atoms with Crippen LogP contribution in [-0.4, -0.2) is 26.2 Å². The van der Waals surface area contributed by atoms with Gasteiger partial charge in [0.15, 0.2) is 0 Å². The van der Waals surface area contributed by atoms with E-state index in [1.165, 1.54) is 11.3 Å². The van der Waals surface area contributed by atoms with E-state index < -0.39 is 0 Å². The molecular formula is C12H20N2O2S. The molecule has 4 nitrogen and oxygen atoms in total. The number of nitrogen functional groups attached to an aromatic ring is 1. The van der Waals surface area contributed by atoms with E-state index >= 15 is 0 Å². The Kier molecular flexibility index (Phi) is 4.81. The normalized spacial score (nSPS) is 10.6. The minimum Gasteiger partial charge on any atom is -0.462 e. The van der Waals surface area contributed by atoms with E-state index in [-0.39, 0.29) is 5.97 Å². The molecule has 96 valence electrons. The second-order valence-electron chi connectivity index (χ2n) is 4.36. The summed E-state index contributed by atoms with van der Waals surface area (Å²) in [6.45, 7) is 7.39. The van der Waals surface area contributed by atoms with Crippen molar-refractivity contribution in [2.24, 2.45) is 5.92 Å². The highest BCUT2D eigenvalue weighted by Crippen LogP contribution is 2.32. The Hall–Kier alpha value is -1.23. The number of hydrogen-bond donors (Lipinski definition) is 1. The number of nitrogens with zero attached hydrogens (tertiary/aromatic N) is 1. The lowest BCUT2D eigenvalue weighted by atomic mass is 10.2. The minimum absolute atomic E-state index is 0.334. The molecule has 2 N–H and O–H groups in total. The van der Waals surface area contributed by atoms with E-state index in [0.29, 0.717) is 23.1 Å². The fourth-order valence-electron chi connectivity index (χ4n) is 1.57. The Morgan fingerprint density at radius 3 is 2.76 bits per heavy atom. The molecule has 0 amide bonds. The van der Waals surface area contributed by atoms with Gasteiger partial charge in [0.05, 0.1) is 17.3 Å². The molecule has 0 aliphatic rings. The first kappa shape index (κ1) is 13.8. The lowest BCUT2D eigenvalue weighted by molar-refractivity contribution is 0.0533. The number of nitrogens with two attached hydrogens (primary N) is 1. The highest BCUT2D eigenvalue weighted by Gasteiger charge is 2.17. The Balaban J connectivity index is 2.84. The van der Waals surface area contributed by atoms with E-state index in [0.717, 1.165) is 11.5 Å². The zero-order valence-corrected chi connectivity index (χ0v) is 11.6. The number of thiophene rings is 1. The molecule has 1 aromatic rings. The predicted octanol–water partition coefficient (Wildman–Crippen LogP) is 2.60. The molecule has 0 bridgehead atoms. The fraction of sp³-hybridized carbons (Fsp3) is 0.583. The van der Waals surface area contributed by atoms with Crippen LogP contribution in [0.25, 0.3) is 0 Å². The first-order valence-corrected chi connectivity index (χ1v) is 6.54. The summed E-state index contributed by atoms with van der Waals surface area (Å²) in [6, 6.07) is 1.83. The lowest BCUT2D eigenvalue weighted by Gasteiger charge is -2.18. The quantitative estimate of drug-likeness (QED) is 0.823. The van der Waals surface area contributed by atoms with E-state index in [1.807, 2.05) is 13.1 Å². The van der Waals surface area contributed by atoms with Crippen molar-refractivity contribution in [2.45, 2.75) is 20.8 Å². The summed E-state index contributed by atoms with van der Waals surface area (Å²) in [4.78, 5) is 14.2. The zero-order chi connectivity index (χ0) is 13.0. The van der Waals surface area contributed by atoms with Gasteiger partial charge in [-0.3, -0.25) is 0 Å². The van der Waals surface area contributed by atoms with Gasteiger partial charge in [0, 0.05) is 13.6 Å². The van der Waals surface area contributed by atoms with E-state index in [9.17, 15) is 4.79 Å². The number of anilines is 2. The van der Waals surface area contributed by atoms with Crippen molar-refractivity contribution >= 4 is 28.0 Å². The lowest BCUT2D eigenvalue weighted by Crippen LogP contribution is -2.21. The molecule has 0 radical (unpaired) electrons. The molecule has 1 aromatic heterocycles. The van der Waals surface area contributed by atoms with Crippen LogP contribution in [0.2, 0.25) is 0 Å².